The van der Waals surface area contributed by atoms with Crippen LogP contribution >= 0.6 is 0 Å². The van der Waals surface area contributed by atoms with Gasteiger partial charge in [0.2, 0.25) is 5.78 Å². The first-order valence-corrected chi connectivity index (χ1v) is 4.69. The van der Waals surface area contributed by atoms with Crippen LogP contribution in [0.3, 0.4) is 0 Å². The van der Waals surface area contributed by atoms with Crippen molar-refractivity contribution in [2.45, 2.75) is 19.3 Å². The first-order chi connectivity index (χ1) is 7.46. The Morgan fingerprint density at radius 2 is 2.12 bits per heavy atom. The van der Waals surface area contributed by atoms with Gasteiger partial charge in [0, 0.05) is 11.9 Å². The molecule has 2 rings (SSSR count). The summed E-state index contributed by atoms with van der Waals surface area (Å²) in [5.41, 5.74) is 0.478. The number of ketones is 1. The van der Waals surface area contributed by atoms with Gasteiger partial charge in [0.1, 0.15) is 0 Å². The summed E-state index contributed by atoms with van der Waals surface area (Å²) in [7, 11) is 0. The molecule has 0 radical (unpaired) electrons. The molecule has 1 N–H and O–H groups in total. The van der Waals surface area contributed by atoms with Gasteiger partial charge in [-0.25, -0.2) is 0 Å². The van der Waals surface area contributed by atoms with Crippen molar-refractivity contribution in [2.24, 2.45) is 0 Å². The Morgan fingerprint density at radius 3 is 2.75 bits per heavy atom. The number of nitrogens with one attached hydrogen (secondary N) is 1. The van der Waals surface area contributed by atoms with Crippen LogP contribution in [-0.4, -0.2) is 22.6 Å². The van der Waals surface area contributed by atoms with E-state index in [1.54, 1.807) is 0 Å². The Hall–Kier alpha value is -1.85. The number of amides is 1. The van der Waals surface area contributed by atoms with Crippen molar-refractivity contribution in [3.05, 3.63) is 23.5 Å². The van der Waals surface area contributed by atoms with Gasteiger partial charge in [-0.3, -0.25) is 14.6 Å². The van der Waals surface area contributed by atoms with Crippen LogP contribution in [0.5, 0.6) is 0 Å². The van der Waals surface area contributed by atoms with Crippen LogP contribution in [0.15, 0.2) is 12.3 Å². The first-order valence-electron chi connectivity index (χ1n) is 4.69. The van der Waals surface area contributed by atoms with Crippen LogP contribution in [0.2, 0.25) is 0 Å². The molecule has 2 heterocycles. The molecule has 0 aliphatic carbocycles. The molecule has 1 aromatic heterocycles. The van der Waals surface area contributed by atoms with Crippen LogP contribution in [0.4, 0.5) is 14.5 Å². The minimum Gasteiger partial charge on any atom is -0.320 e. The Labute approximate surface area is 89.7 Å². The maximum atomic E-state index is 13.1. The molecule has 4 nitrogen and oxygen atoms in total. The second-order valence-corrected chi connectivity index (χ2v) is 3.43. The minimum absolute atomic E-state index is 0.104. The van der Waals surface area contributed by atoms with E-state index < -0.39 is 17.6 Å². The van der Waals surface area contributed by atoms with Gasteiger partial charge in [-0.1, -0.05) is 6.92 Å². The quantitative estimate of drug-likeness (QED) is 0.736. The van der Waals surface area contributed by atoms with E-state index in [0.717, 1.165) is 6.20 Å². The van der Waals surface area contributed by atoms with Crippen molar-refractivity contribution < 1.29 is 18.4 Å². The van der Waals surface area contributed by atoms with E-state index in [9.17, 15) is 18.4 Å². The maximum absolute atomic E-state index is 13.1. The molecular formula is C10H8F2N2O2. The molecule has 6 heteroatoms. The second kappa shape index (κ2) is 3.33. The number of aromatic nitrogens is 1. The lowest BCUT2D eigenvalue weighted by atomic mass is 10.00. The van der Waals surface area contributed by atoms with Gasteiger partial charge in [-0.05, 0) is 12.5 Å². The number of halogens is 2. The number of alkyl halides is 2. The molecule has 1 aliphatic rings. The number of Topliss-reactive ketones (excluding diaryl/α,β-unsaturated/α-hetero) is 1. The minimum atomic E-state index is -4.00. The highest BCUT2D eigenvalue weighted by Gasteiger charge is 2.51. The SMILES string of the molecule is CCc1cc2c(cn1)C(=O)C(F)(F)C(=O)N2. The normalized spacial score (nSPS) is 17.9. The van der Waals surface area contributed by atoms with Gasteiger partial charge in [0.25, 0.3) is 0 Å². The number of hydrogen-bond acceptors (Lipinski definition) is 3. The molecular weight excluding hydrogens is 218 g/mol. The number of carbonyl (C=O) groups excluding carboxylic acids is 2. The third-order valence-electron chi connectivity index (χ3n) is 2.39. The van der Waals surface area contributed by atoms with E-state index in [4.69, 9.17) is 0 Å². The van der Waals surface area contributed by atoms with E-state index in [0.29, 0.717) is 12.1 Å². The zero-order chi connectivity index (χ0) is 11.9. The highest BCUT2D eigenvalue weighted by molar-refractivity contribution is 6.25. The molecule has 84 valence electrons. The summed E-state index contributed by atoms with van der Waals surface area (Å²) in [6, 6.07) is 1.43. The molecule has 1 aromatic rings. The van der Waals surface area contributed by atoms with Gasteiger partial charge in [-0.2, -0.15) is 8.78 Å². The van der Waals surface area contributed by atoms with Crippen LogP contribution < -0.4 is 5.32 Å². The molecule has 0 atom stereocenters. The number of rotatable bonds is 1. The highest BCUT2D eigenvalue weighted by Crippen LogP contribution is 2.31. The average molecular weight is 226 g/mol. The lowest BCUT2D eigenvalue weighted by Crippen LogP contribution is -2.46. The monoisotopic (exact) mass is 226 g/mol. The van der Waals surface area contributed by atoms with Crippen molar-refractivity contribution in [1.29, 1.82) is 0 Å². The predicted octanol–water partition coefficient (Wildman–Crippen LogP) is 1.41. The van der Waals surface area contributed by atoms with Gasteiger partial charge in [0.15, 0.2) is 0 Å². The number of anilines is 1. The lowest BCUT2D eigenvalue weighted by Gasteiger charge is -2.22. The van der Waals surface area contributed by atoms with Crippen molar-refractivity contribution >= 4 is 17.4 Å². The number of pyridine rings is 1. The van der Waals surface area contributed by atoms with E-state index in [2.05, 4.69) is 4.98 Å². The fourth-order valence-corrected chi connectivity index (χ4v) is 1.45. The van der Waals surface area contributed by atoms with E-state index in [-0.39, 0.29) is 11.3 Å². The van der Waals surface area contributed by atoms with Crippen molar-refractivity contribution in [2.75, 3.05) is 5.32 Å². The van der Waals surface area contributed by atoms with Gasteiger partial charge in [-0.15, -0.1) is 0 Å². The topological polar surface area (TPSA) is 59.1 Å². The zero-order valence-electron chi connectivity index (χ0n) is 8.38. The lowest BCUT2D eigenvalue weighted by molar-refractivity contribution is -0.134. The Kier molecular flexibility index (Phi) is 2.22. The molecule has 0 saturated heterocycles. The zero-order valence-corrected chi connectivity index (χ0v) is 8.38. The molecule has 0 aromatic carbocycles. The van der Waals surface area contributed by atoms with Crippen molar-refractivity contribution in [3.8, 4) is 0 Å². The summed E-state index contributed by atoms with van der Waals surface area (Å²) in [6.07, 6.45) is 1.66. The number of carbonyl (C=O) groups is 2. The number of fused-ring (bicyclic) bond motifs is 1. The Balaban J connectivity index is 2.55. The summed E-state index contributed by atoms with van der Waals surface area (Å²) in [6.45, 7) is 1.83. The Morgan fingerprint density at radius 1 is 1.44 bits per heavy atom. The van der Waals surface area contributed by atoms with Crippen molar-refractivity contribution in [1.82, 2.24) is 4.98 Å². The Bertz CT molecular complexity index is 486. The smallest absolute Gasteiger partial charge is 0.320 e. The molecule has 1 amide bonds. The molecule has 0 fully saturated rings. The molecule has 0 saturated carbocycles. The highest BCUT2D eigenvalue weighted by atomic mass is 19.3. The molecule has 16 heavy (non-hydrogen) atoms. The first kappa shape index (κ1) is 10.7. The van der Waals surface area contributed by atoms with Gasteiger partial charge in [0.05, 0.1) is 11.3 Å². The second-order valence-electron chi connectivity index (χ2n) is 3.43. The molecule has 0 bridgehead atoms. The van der Waals surface area contributed by atoms with E-state index >= 15 is 0 Å². The number of hydrogen-bond donors (Lipinski definition) is 1. The predicted molar refractivity (Wildman–Crippen MR) is 51.5 cm³/mol. The largest absolute Gasteiger partial charge is 0.386 e. The summed E-state index contributed by atoms with van der Waals surface area (Å²) < 4.78 is 26.1. The fraction of sp³-hybridized carbons (Fsp3) is 0.300. The van der Waals surface area contributed by atoms with E-state index in [1.807, 2.05) is 12.2 Å². The van der Waals surface area contributed by atoms with Crippen LogP contribution in [0.1, 0.15) is 23.0 Å². The summed E-state index contributed by atoms with van der Waals surface area (Å²) in [4.78, 5) is 26.1. The molecule has 0 unspecified atom stereocenters. The van der Waals surface area contributed by atoms with E-state index in [1.165, 1.54) is 6.07 Å². The summed E-state index contributed by atoms with van der Waals surface area (Å²) >= 11 is 0. The standard InChI is InChI=1S/C10H8F2N2O2/c1-2-5-3-7-6(4-13-5)8(15)10(11,12)9(16)14-7/h3-4H,2H2,1H3,(H,14,16). The number of aryl methyl sites for hydroxylation is 1. The van der Waals surface area contributed by atoms with Crippen LogP contribution in [0.25, 0.3) is 0 Å². The molecule has 1 aliphatic heterocycles. The van der Waals surface area contributed by atoms with Gasteiger partial charge >= 0.3 is 11.8 Å². The average Bonchev–Trinajstić information content (AvgIpc) is 2.26. The maximum Gasteiger partial charge on any atom is 0.386 e. The van der Waals surface area contributed by atoms with Crippen LogP contribution in [0, 0.1) is 0 Å². The third kappa shape index (κ3) is 1.37. The number of nitrogens with zero attached hydrogens (tertiary/aromatic N) is 1. The van der Waals surface area contributed by atoms with Crippen molar-refractivity contribution in [3.63, 3.8) is 0 Å². The van der Waals surface area contributed by atoms with Gasteiger partial charge < -0.3 is 5.32 Å². The summed E-state index contributed by atoms with van der Waals surface area (Å²) in [5.74, 6) is -7.08. The third-order valence-corrected chi connectivity index (χ3v) is 2.39. The van der Waals surface area contributed by atoms with Crippen LogP contribution in [-0.2, 0) is 11.2 Å². The fourth-order valence-electron chi connectivity index (χ4n) is 1.45. The summed E-state index contributed by atoms with van der Waals surface area (Å²) in [5, 5.41) is 2.01. The molecule has 0 spiro atoms.